The second-order valence-electron chi connectivity index (χ2n) is 4.06. The van der Waals surface area contributed by atoms with Gasteiger partial charge < -0.3 is 14.6 Å². The van der Waals surface area contributed by atoms with Gasteiger partial charge in [0.2, 0.25) is 0 Å². The molecule has 0 spiro atoms. The van der Waals surface area contributed by atoms with Gasteiger partial charge in [-0.3, -0.25) is 0 Å². The number of fused-ring (bicyclic) bond motifs is 1. The van der Waals surface area contributed by atoms with Crippen molar-refractivity contribution in [2.24, 2.45) is 5.92 Å². The van der Waals surface area contributed by atoms with Gasteiger partial charge in [-0.25, -0.2) is 0 Å². The fraction of sp³-hybridized carbons (Fsp3) is 0.500. The smallest absolute Gasteiger partial charge is 0.167 e. The lowest BCUT2D eigenvalue weighted by Gasteiger charge is -2.24. The molecule has 0 saturated heterocycles. The van der Waals surface area contributed by atoms with Crippen LogP contribution in [0.3, 0.4) is 0 Å². The van der Waals surface area contributed by atoms with Crippen molar-refractivity contribution in [1.29, 1.82) is 0 Å². The number of rotatable bonds is 2. The Morgan fingerprint density at radius 1 is 1.20 bits per heavy atom. The zero-order valence-corrected chi connectivity index (χ0v) is 9.06. The largest absolute Gasteiger partial charge is 0.486 e. The van der Waals surface area contributed by atoms with Crippen molar-refractivity contribution >= 4 is 0 Å². The minimum absolute atomic E-state index is 0.169. The maximum absolute atomic E-state index is 10.0. The molecular formula is C12H16O3. The molecule has 0 fully saturated rings. The quantitative estimate of drug-likeness (QED) is 0.809. The molecule has 1 aliphatic rings. The number of hydrogen-bond acceptors (Lipinski definition) is 3. The highest BCUT2D eigenvalue weighted by molar-refractivity contribution is 5.48. The first kappa shape index (κ1) is 10.3. The third-order valence-electron chi connectivity index (χ3n) is 2.55. The molecule has 1 heterocycles. The summed E-state index contributed by atoms with van der Waals surface area (Å²) >= 11 is 0. The molecule has 3 heteroatoms. The molecule has 1 aliphatic heterocycles. The third kappa shape index (κ3) is 1.92. The highest BCUT2D eigenvalue weighted by atomic mass is 16.6. The predicted molar refractivity (Wildman–Crippen MR) is 57.2 cm³/mol. The van der Waals surface area contributed by atoms with E-state index in [1.54, 1.807) is 0 Å². The summed E-state index contributed by atoms with van der Waals surface area (Å²) < 4.78 is 11.0. The SMILES string of the molecule is CC(C)C(O)c1cccc2c1OCCO2. The molecule has 0 aromatic heterocycles. The molecule has 1 unspecified atom stereocenters. The summed E-state index contributed by atoms with van der Waals surface area (Å²) in [7, 11) is 0. The number of hydrogen-bond donors (Lipinski definition) is 1. The Labute approximate surface area is 89.6 Å². The molecule has 82 valence electrons. The lowest BCUT2D eigenvalue weighted by Crippen LogP contribution is -2.18. The maximum atomic E-state index is 10.0. The number of para-hydroxylation sites is 1. The van der Waals surface area contributed by atoms with Crippen molar-refractivity contribution in [2.75, 3.05) is 13.2 Å². The van der Waals surface area contributed by atoms with Gasteiger partial charge in [-0.05, 0) is 12.0 Å². The summed E-state index contributed by atoms with van der Waals surface area (Å²) in [4.78, 5) is 0. The molecule has 2 rings (SSSR count). The van der Waals surface area contributed by atoms with Crippen LogP contribution in [0, 0.1) is 5.92 Å². The van der Waals surface area contributed by atoms with E-state index in [0.29, 0.717) is 19.0 Å². The second kappa shape index (κ2) is 4.11. The molecule has 0 saturated carbocycles. The Hall–Kier alpha value is -1.22. The third-order valence-corrected chi connectivity index (χ3v) is 2.55. The van der Waals surface area contributed by atoms with Crippen LogP contribution in [0.4, 0.5) is 0 Å². The van der Waals surface area contributed by atoms with Crippen molar-refractivity contribution in [3.8, 4) is 11.5 Å². The summed E-state index contributed by atoms with van der Waals surface area (Å²) in [5.74, 6) is 1.60. The van der Waals surface area contributed by atoms with Crippen LogP contribution < -0.4 is 9.47 Å². The first-order chi connectivity index (χ1) is 7.20. The number of ether oxygens (including phenoxy) is 2. The molecule has 1 atom stereocenters. The van der Waals surface area contributed by atoms with E-state index in [4.69, 9.17) is 9.47 Å². The number of aliphatic hydroxyl groups excluding tert-OH is 1. The van der Waals surface area contributed by atoms with Crippen LogP contribution >= 0.6 is 0 Å². The monoisotopic (exact) mass is 208 g/mol. The van der Waals surface area contributed by atoms with Gasteiger partial charge >= 0.3 is 0 Å². The van der Waals surface area contributed by atoms with Crippen molar-refractivity contribution in [1.82, 2.24) is 0 Å². The van der Waals surface area contributed by atoms with Crippen LogP contribution in [0.25, 0.3) is 0 Å². The van der Waals surface area contributed by atoms with Crippen LogP contribution in [0.1, 0.15) is 25.5 Å². The van der Waals surface area contributed by atoms with E-state index in [1.165, 1.54) is 0 Å². The molecule has 1 aromatic rings. The van der Waals surface area contributed by atoms with Crippen LogP contribution in [0.15, 0.2) is 18.2 Å². The zero-order chi connectivity index (χ0) is 10.8. The maximum Gasteiger partial charge on any atom is 0.167 e. The van der Waals surface area contributed by atoms with E-state index in [-0.39, 0.29) is 5.92 Å². The van der Waals surface area contributed by atoms with Crippen LogP contribution in [-0.4, -0.2) is 18.3 Å². The Balaban J connectivity index is 2.39. The molecule has 3 nitrogen and oxygen atoms in total. The molecular weight excluding hydrogens is 192 g/mol. The molecule has 0 amide bonds. The summed E-state index contributed by atoms with van der Waals surface area (Å²) in [5.41, 5.74) is 0.821. The summed E-state index contributed by atoms with van der Waals surface area (Å²) in [6.45, 7) is 5.09. The number of aliphatic hydroxyl groups is 1. The van der Waals surface area contributed by atoms with Crippen molar-refractivity contribution in [3.05, 3.63) is 23.8 Å². The highest BCUT2D eigenvalue weighted by Gasteiger charge is 2.22. The van der Waals surface area contributed by atoms with Crippen LogP contribution in [-0.2, 0) is 0 Å². The van der Waals surface area contributed by atoms with Gasteiger partial charge in [0.1, 0.15) is 13.2 Å². The summed E-state index contributed by atoms with van der Waals surface area (Å²) in [6.07, 6.45) is -0.498. The Morgan fingerprint density at radius 3 is 2.67 bits per heavy atom. The van der Waals surface area contributed by atoms with Gasteiger partial charge in [0.15, 0.2) is 11.5 Å². The van der Waals surface area contributed by atoms with Crippen molar-refractivity contribution in [2.45, 2.75) is 20.0 Å². The molecule has 1 N–H and O–H groups in total. The molecule has 0 aliphatic carbocycles. The average Bonchev–Trinajstić information content (AvgIpc) is 2.27. The molecule has 0 bridgehead atoms. The topological polar surface area (TPSA) is 38.7 Å². The standard InChI is InChI=1S/C12H16O3/c1-8(2)11(13)9-4-3-5-10-12(9)15-7-6-14-10/h3-5,8,11,13H,6-7H2,1-2H3. The van der Waals surface area contributed by atoms with Gasteiger partial charge in [0.25, 0.3) is 0 Å². The first-order valence-electron chi connectivity index (χ1n) is 5.26. The lowest BCUT2D eigenvalue weighted by molar-refractivity contribution is 0.113. The van der Waals surface area contributed by atoms with Gasteiger partial charge in [0.05, 0.1) is 6.10 Å². The highest BCUT2D eigenvalue weighted by Crippen LogP contribution is 2.38. The van der Waals surface area contributed by atoms with Crippen molar-refractivity contribution < 1.29 is 14.6 Å². The van der Waals surface area contributed by atoms with Crippen molar-refractivity contribution in [3.63, 3.8) is 0 Å². The van der Waals surface area contributed by atoms with Gasteiger partial charge in [-0.15, -0.1) is 0 Å². The Morgan fingerprint density at radius 2 is 1.93 bits per heavy atom. The van der Waals surface area contributed by atoms with Crippen LogP contribution in [0.5, 0.6) is 11.5 Å². The second-order valence-corrected chi connectivity index (χ2v) is 4.06. The fourth-order valence-corrected chi connectivity index (χ4v) is 1.69. The van der Waals surface area contributed by atoms with Crippen LogP contribution in [0.2, 0.25) is 0 Å². The minimum atomic E-state index is -0.498. The zero-order valence-electron chi connectivity index (χ0n) is 9.06. The normalized spacial score (nSPS) is 16.5. The first-order valence-corrected chi connectivity index (χ1v) is 5.26. The lowest BCUT2D eigenvalue weighted by atomic mass is 9.98. The van der Waals surface area contributed by atoms with E-state index in [9.17, 15) is 5.11 Å². The summed E-state index contributed by atoms with van der Waals surface area (Å²) in [6, 6.07) is 5.64. The van der Waals surface area contributed by atoms with E-state index in [2.05, 4.69) is 0 Å². The van der Waals surface area contributed by atoms with E-state index >= 15 is 0 Å². The van der Waals surface area contributed by atoms with Gasteiger partial charge in [-0.2, -0.15) is 0 Å². The van der Waals surface area contributed by atoms with Gasteiger partial charge in [0, 0.05) is 5.56 Å². The molecule has 15 heavy (non-hydrogen) atoms. The molecule has 0 radical (unpaired) electrons. The van der Waals surface area contributed by atoms with E-state index in [0.717, 1.165) is 11.3 Å². The van der Waals surface area contributed by atoms with Gasteiger partial charge in [-0.1, -0.05) is 26.0 Å². The minimum Gasteiger partial charge on any atom is -0.486 e. The average molecular weight is 208 g/mol. The predicted octanol–water partition coefficient (Wildman–Crippen LogP) is 2.15. The number of benzene rings is 1. The van der Waals surface area contributed by atoms with E-state index < -0.39 is 6.10 Å². The Kier molecular flexibility index (Phi) is 2.82. The Bertz CT molecular complexity index is 347. The molecule has 1 aromatic carbocycles. The fourth-order valence-electron chi connectivity index (χ4n) is 1.69. The summed E-state index contributed by atoms with van der Waals surface area (Å²) in [5, 5.41) is 10.0. The van der Waals surface area contributed by atoms with E-state index in [1.807, 2.05) is 32.0 Å².